The van der Waals surface area contributed by atoms with Crippen LogP contribution in [-0.2, 0) is 0 Å². The number of nitrogen functional groups attached to an aromatic ring is 1. The first kappa shape index (κ1) is 14.9. The Bertz CT molecular complexity index is 412. The van der Waals surface area contributed by atoms with E-state index >= 15 is 0 Å². The van der Waals surface area contributed by atoms with Crippen molar-refractivity contribution in [2.45, 2.75) is 6.92 Å². The minimum Gasteiger partial charge on any atom is -0.351 e. The van der Waals surface area contributed by atoms with E-state index in [1.54, 1.807) is 12.3 Å². The number of nitrogens with one attached hydrogen (secondary N) is 2. The number of carbonyl (C=O) groups excluding carboxylic acids is 1. The van der Waals surface area contributed by atoms with Crippen molar-refractivity contribution >= 4 is 27.7 Å². The van der Waals surface area contributed by atoms with Crippen LogP contribution in [0.5, 0.6) is 0 Å². The molecule has 0 spiro atoms. The molecule has 1 heterocycles. The zero-order valence-corrected chi connectivity index (χ0v) is 12.1. The lowest BCUT2D eigenvalue weighted by Gasteiger charge is -2.14. The van der Waals surface area contributed by atoms with E-state index < -0.39 is 0 Å². The molecule has 1 aromatic heterocycles. The molecular weight excluding hydrogens is 298 g/mol. The van der Waals surface area contributed by atoms with E-state index in [4.69, 9.17) is 5.84 Å². The molecule has 0 saturated heterocycles. The van der Waals surface area contributed by atoms with Gasteiger partial charge in [0, 0.05) is 23.8 Å². The predicted molar refractivity (Wildman–Crippen MR) is 75.3 cm³/mol. The number of hydrogen-bond donors (Lipinski definition) is 3. The maximum absolute atomic E-state index is 12.0. The number of nitrogens with zero attached hydrogens (tertiary/aromatic N) is 2. The number of carbonyl (C=O) groups is 1. The number of aromatic nitrogens is 1. The average Bonchev–Trinajstić information content (AvgIpc) is 2.38. The van der Waals surface area contributed by atoms with Gasteiger partial charge in [-0.15, -0.1) is 0 Å². The van der Waals surface area contributed by atoms with Crippen molar-refractivity contribution in [3.63, 3.8) is 0 Å². The van der Waals surface area contributed by atoms with Crippen molar-refractivity contribution in [3.05, 3.63) is 22.3 Å². The first-order chi connectivity index (χ1) is 8.58. The second-order valence-corrected chi connectivity index (χ2v) is 4.76. The Morgan fingerprint density at radius 2 is 2.33 bits per heavy atom. The second kappa shape index (κ2) is 7.30. The van der Waals surface area contributed by atoms with Crippen LogP contribution in [0.3, 0.4) is 0 Å². The molecule has 0 unspecified atom stereocenters. The summed E-state index contributed by atoms with van der Waals surface area (Å²) in [6.45, 7) is 4.40. The number of amides is 1. The highest BCUT2D eigenvalue weighted by molar-refractivity contribution is 9.10. The minimum absolute atomic E-state index is 0.193. The number of halogens is 1. The Hall–Kier alpha value is -1.18. The molecule has 4 N–H and O–H groups in total. The van der Waals surface area contributed by atoms with E-state index in [2.05, 4.69) is 43.5 Å². The van der Waals surface area contributed by atoms with Crippen LogP contribution >= 0.6 is 15.9 Å². The number of anilines is 1. The van der Waals surface area contributed by atoms with Gasteiger partial charge in [-0.05, 0) is 35.6 Å². The van der Waals surface area contributed by atoms with Crippen LogP contribution in [0.2, 0.25) is 0 Å². The summed E-state index contributed by atoms with van der Waals surface area (Å²) < 4.78 is 0.734. The molecule has 1 rings (SSSR count). The summed E-state index contributed by atoms with van der Waals surface area (Å²) in [6, 6.07) is 1.68. The highest BCUT2D eigenvalue weighted by Crippen LogP contribution is 2.16. The fourth-order valence-corrected chi connectivity index (χ4v) is 1.67. The van der Waals surface area contributed by atoms with Gasteiger partial charge in [0.15, 0.2) is 5.82 Å². The van der Waals surface area contributed by atoms with Gasteiger partial charge >= 0.3 is 0 Å². The third-order valence-corrected chi connectivity index (χ3v) is 2.99. The molecule has 6 nitrogen and oxygen atoms in total. The molecule has 1 amide bonds. The van der Waals surface area contributed by atoms with Gasteiger partial charge < -0.3 is 15.6 Å². The molecule has 0 aliphatic heterocycles. The fourth-order valence-electron chi connectivity index (χ4n) is 1.34. The Labute approximate surface area is 115 Å². The van der Waals surface area contributed by atoms with Crippen molar-refractivity contribution < 1.29 is 4.79 Å². The van der Waals surface area contributed by atoms with E-state index in [1.807, 2.05) is 7.05 Å². The SMILES string of the molecule is CCN(C)CCNC(=O)c1cc(Br)cnc1NN. The van der Waals surface area contributed by atoms with Crippen molar-refractivity contribution in [2.75, 3.05) is 32.1 Å². The third kappa shape index (κ3) is 4.25. The number of hydrogen-bond acceptors (Lipinski definition) is 5. The first-order valence-corrected chi connectivity index (χ1v) is 6.46. The number of pyridine rings is 1. The van der Waals surface area contributed by atoms with E-state index in [1.165, 1.54) is 0 Å². The highest BCUT2D eigenvalue weighted by atomic mass is 79.9. The molecular formula is C11H18BrN5O. The summed E-state index contributed by atoms with van der Waals surface area (Å²) in [4.78, 5) is 18.1. The fraction of sp³-hybridized carbons (Fsp3) is 0.455. The highest BCUT2D eigenvalue weighted by Gasteiger charge is 2.12. The maximum atomic E-state index is 12.0. The van der Waals surface area contributed by atoms with E-state index in [9.17, 15) is 4.79 Å². The predicted octanol–water partition coefficient (Wildman–Crippen LogP) is 0.811. The zero-order chi connectivity index (χ0) is 13.5. The van der Waals surface area contributed by atoms with Gasteiger partial charge in [-0.25, -0.2) is 10.8 Å². The molecule has 1 aromatic rings. The van der Waals surface area contributed by atoms with Crippen LogP contribution in [0.25, 0.3) is 0 Å². The van der Waals surface area contributed by atoms with Crippen LogP contribution < -0.4 is 16.6 Å². The lowest BCUT2D eigenvalue weighted by molar-refractivity contribution is 0.0950. The number of likely N-dealkylation sites (N-methyl/N-ethyl adjacent to an activating group) is 1. The first-order valence-electron chi connectivity index (χ1n) is 5.67. The lowest BCUT2D eigenvalue weighted by atomic mass is 10.2. The standard InChI is InChI=1S/C11H18BrN5O/c1-3-17(2)5-4-14-11(18)9-6-8(12)7-15-10(9)16-13/h6-7H,3-5,13H2,1-2H3,(H,14,18)(H,15,16). The Morgan fingerprint density at radius 3 is 2.94 bits per heavy atom. The smallest absolute Gasteiger partial charge is 0.255 e. The number of nitrogens with two attached hydrogens (primary N) is 1. The van der Waals surface area contributed by atoms with Crippen molar-refractivity contribution in [1.29, 1.82) is 0 Å². The van der Waals surface area contributed by atoms with Gasteiger partial charge in [0.1, 0.15) is 0 Å². The van der Waals surface area contributed by atoms with Gasteiger partial charge in [-0.1, -0.05) is 6.92 Å². The molecule has 0 aliphatic carbocycles. The summed E-state index contributed by atoms with van der Waals surface area (Å²) in [5.74, 6) is 5.49. The van der Waals surface area contributed by atoms with E-state index in [-0.39, 0.29) is 5.91 Å². The molecule has 0 fully saturated rings. The molecule has 0 saturated carbocycles. The monoisotopic (exact) mass is 315 g/mol. The van der Waals surface area contributed by atoms with Crippen LogP contribution in [0.1, 0.15) is 17.3 Å². The van der Waals surface area contributed by atoms with Crippen LogP contribution in [0, 0.1) is 0 Å². The van der Waals surface area contributed by atoms with Gasteiger partial charge in [-0.3, -0.25) is 4.79 Å². The van der Waals surface area contributed by atoms with Crippen molar-refractivity contribution in [3.8, 4) is 0 Å². The molecule has 0 bridgehead atoms. The molecule has 0 atom stereocenters. The number of rotatable bonds is 6. The second-order valence-electron chi connectivity index (χ2n) is 3.85. The topological polar surface area (TPSA) is 83.3 Å². The summed E-state index contributed by atoms with van der Waals surface area (Å²) in [5.41, 5.74) is 2.83. The minimum atomic E-state index is -0.193. The summed E-state index contributed by atoms with van der Waals surface area (Å²) in [6.07, 6.45) is 1.58. The maximum Gasteiger partial charge on any atom is 0.255 e. The Kier molecular flexibility index (Phi) is 6.03. The van der Waals surface area contributed by atoms with Gasteiger partial charge in [0.25, 0.3) is 5.91 Å². The van der Waals surface area contributed by atoms with Crippen molar-refractivity contribution in [2.24, 2.45) is 5.84 Å². The zero-order valence-electron chi connectivity index (χ0n) is 10.5. The lowest BCUT2D eigenvalue weighted by Crippen LogP contribution is -2.33. The number of hydrazine groups is 1. The molecule has 0 radical (unpaired) electrons. The van der Waals surface area contributed by atoms with Gasteiger partial charge in [-0.2, -0.15) is 0 Å². The van der Waals surface area contributed by atoms with Gasteiger partial charge in [0.2, 0.25) is 0 Å². The van der Waals surface area contributed by atoms with Crippen LogP contribution in [-0.4, -0.2) is 42.5 Å². The Balaban J connectivity index is 2.63. The van der Waals surface area contributed by atoms with E-state index in [0.717, 1.165) is 17.6 Å². The summed E-state index contributed by atoms with van der Waals surface area (Å²) >= 11 is 3.28. The van der Waals surface area contributed by atoms with Crippen molar-refractivity contribution in [1.82, 2.24) is 15.2 Å². The summed E-state index contributed by atoms with van der Waals surface area (Å²) in [5, 5.41) is 2.83. The quantitative estimate of drug-likeness (QED) is 0.534. The van der Waals surface area contributed by atoms with Crippen LogP contribution in [0.4, 0.5) is 5.82 Å². The van der Waals surface area contributed by atoms with E-state index in [0.29, 0.717) is 17.9 Å². The molecule has 0 aromatic carbocycles. The van der Waals surface area contributed by atoms with Gasteiger partial charge in [0.05, 0.1) is 5.56 Å². The average molecular weight is 316 g/mol. The molecule has 7 heteroatoms. The molecule has 0 aliphatic rings. The largest absolute Gasteiger partial charge is 0.351 e. The van der Waals surface area contributed by atoms with Crippen LogP contribution in [0.15, 0.2) is 16.7 Å². The summed E-state index contributed by atoms with van der Waals surface area (Å²) in [7, 11) is 2.00. The molecule has 100 valence electrons. The third-order valence-electron chi connectivity index (χ3n) is 2.55. The molecule has 18 heavy (non-hydrogen) atoms. The normalized spacial score (nSPS) is 10.5. The Morgan fingerprint density at radius 1 is 1.61 bits per heavy atom.